The third-order valence-electron chi connectivity index (χ3n) is 3.21. The van der Waals surface area contributed by atoms with Crippen LogP contribution in [-0.2, 0) is 0 Å². The van der Waals surface area contributed by atoms with Crippen molar-refractivity contribution in [1.82, 2.24) is 15.3 Å². The average molecular weight is 285 g/mol. The highest BCUT2D eigenvalue weighted by molar-refractivity contribution is 5.97. The topological polar surface area (TPSA) is 64.1 Å². The van der Waals surface area contributed by atoms with Gasteiger partial charge in [0.1, 0.15) is 11.6 Å². The number of nitrogens with one attached hydrogen (secondary N) is 1. The summed E-state index contributed by atoms with van der Waals surface area (Å²) in [6.07, 6.45) is 4.05. The molecule has 0 aliphatic heterocycles. The Labute approximate surface area is 124 Å². The van der Waals surface area contributed by atoms with Crippen molar-refractivity contribution in [3.05, 3.63) is 53.6 Å². The van der Waals surface area contributed by atoms with Crippen LogP contribution >= 0.6 is 0 Å². The molecule has 0 aliphatic rings. The first kappa shape index (κ1) is 15.0. The second-order valence-electron chi connectivity index (χ2n) is 4.75. The smallest absolute Gasteiger partial charge is 0.255 e. The Morgan fingerprint density at radius 2 is 2.05 bits per heavy atom. The molecule has 1 heterocycles. The van der Waals surface area contributed by atoms with Crippen LogP contribution in [-0.4, -0.2) is 23.0 Å². The minimum Gasteiger partial charge on any atom is -0.496 e. The minimum absolute atomic E-state index is 0.189. The Morgan fingerprint density at radius 1 is 1.33 bits per heavy atom. The number of carbonyl (C=O) groups is 1. The van der Waals surface area contributed by atoms with Gasteiger partial charge in [-0.05, 0) is 37.1 Å². The van der Waals surface area contributed by atoms with Crippen LogP contribution in [0, 0.1) is 6.92 Å². The van der Waals surface area contributed by atoms with Gasteiger partial charge in [0, 0.05) is 12.4 Å². The number of ether oxygens (including phenoxy) is 1. The first-order valence-electron chi connectivity index (χ1n) is 6.88. The lowest BCUT2D eigenvalue weighted by Gasteiger charge is -2.16. The predicted octanol–water partition coefficient (Wildman–Crippen LogP) is 2.67. The van der Waals surface area contributed by atoms with Crippen molar-refractivity contribution < 1.29 is 9.53 Å². The Bertz CT molecular complexity index is 614. The maximum absolute atomic E-state index is 12.4. The Kier molecular flexibility index (Phi) is 4.87. The van der Waals surface area contributed by atoms with Crippen molar-refractivity contribution >= 4 is 5.91 Å². The molecule has 1 unspecified atom stereocenters. The molecule has 0 saturated carbocycles. The summed E-state index contributed by atoms with van der Waals surface area (Å²) < 4.78 is 5.28. The van der Waals surface area contributed by atoms with Gasteiger partial charge in [-0.15, -0.1) is 0 Å². The first-order chi connectivity index (χ1) is 10.2. The summed E-state index contributed by atoms with van der Waals surface area (Å²) in [5, 5.41) is 2.95. The minimum atomic E-state index is -0.218. The van der Waals surface area contributed by atoms with E-state index in [0.29, 0.717) is 23.6 Å². The summed E-state index contributed by atoms with van der Waals surface area (Å²) in [5.74, 6) is 0.988. The van der Waals surface area contributed by atoms with Gasteiger partial charge in [-0.1, -0.05) is 13.0 Å². The molecule has 5 nitrogen and oxygen atoms in total. The number of aromatic nitrogens is 2. The molecular formula is C16H19N3O2. The van der Waals surface area contributed by atoms with Crippen LogP contribution in [0.15, 0.2) is 36.7 Å². The number of rotatable bonds is 5. The van der Waals surface area contributed by atoms with E-state index in [4.69, 9.17) is 4.74 Å². The highest BCUT2D eigenvalue weighted by atomic mass is 16.5. The van der Waals surface area contributed by atoms with E-state index < -0.39 is 0 Å². The van der Waals surface area contributed by atoms with Crippen molar-refractivity contribution in [1.29, 1.82) is 0 Å². The lowest BCUT2D eigenvalue weighted by atomic mass is 10.1. The number of hydrogen-bond donors (Lipinski definition) is 1. The predicted molar refractivity (Wildman–Crippen MR) is 80.3 cm³/mol. The lowest BCUT2D eigenvalue weighted by molar-refractivity contribution is 0.0930. The molecule has 2 rings (SSSR count). The van der Waals surface area contributed by atoms with Crippen molar-refractivity contribution in [2.45, 2.75) is 26.3 Å². The van der Waals surface area contributed by atoms with Gasteiger partial charge in [0.15, 0.2) is 0 Å². The zero-order valence-electron chi connectivity index (χ0n) is 12.5. The largest absolute Gasteiger partial charge is 0.496 e. The van der Waals surface area contributed by atoms with Crippen LogP contribution in [0.5, 0.6) is 5.75 Å². The number of nitrogens with zero attached hydrogens (tertiary/aromatic N) is 2. The molecule has 0 radical (unpaired) electrons. The van der Waals surface area contributed by atoms with Crippen LogP contribution in [0.4, 0.5) is 0 Å². The maximum Gasteiger partial charge on any atom is 0.255 e. The third kappa shape index (κ3) is 3.56. The monoisotopic (exact) mass is 285 g/mol. The van der Waals surface area contributed by atoms with Gasteiger partial charge in [-0.2, -0.15) is 0 Å². The number of hydrogen-bond acceptors (Lipinski definition) is 4. The van der Waals surface area contributed by atoms with Crippen LogP contribution in [0.1, 0.15) is 41.1 Å². The summed E-state index contributed by atoms with van der Waals surface area (Å²) in [5.41, 5.74) is 1.55. The molecule has 5 heteroatoms. The molecule has 1 atom stereocenters. The fourth-order valence-electron chi connectivity index (χ4n) is 2.06. The molecular weight excluding hydrogens is 266 g/mol. The molecule has 110 valence electrons. The summed E-state index contributed by atoms with van der Waals surface area (Å²) >= 11 is 0. The van der Waals surface area contributed by atoms with Gasteiger partial charge in [0.25, 0.3) is 5.91 Å². The highest BCUT2D eigenvalue weighted by Crippen LogP contribution is 2.21. The van der Waals surface area contributed by atoms with E-state index in [1.54, 1.807) is 31.6 Å². The highest BCUT2D eigenvalue weighted by Gasteiger charge is 2.18. The van der Waals surface area contributed by atoms with Crippen LogP contribution in [0.2, 0.25) is 0 Å². The van der Waals surface area contributed by atoms with E-state index >= 15 is 0 Å². The molecule has 1 N–H and O–H groups in total. The number of methoxy groups -OCH3 is 1. The van der Waals surface area contributed by atoms with E-state index in [9.17, 15) is 4.79 Å². The summed E-state index contributed by atoms with van der Waals surface area (Å²) in [6, 6.07) is 7.03. The van der Waals surface area contributed by atoms with Gasteiger partial charge in [-0.25, -0.2) is 9.97 Å². The second-order valence-corrected chi connectivity index (χ2v) is 4.75. The summed E-state index contributed by atoms with van der Waals surface area (Å²) in [4.78, 5) is 20.8. The molecule has 0 bridgehead atoms. The zero-order valence-corrected chi connectivity index (χ0v) is 12.5. The van der Waals surface area contributed by atoms with Crippen LogP contribution in [0.3, 0.4) is 0 Å². The summed E-state index contributed by atoms with van der Waals surface area (Å²) in [6.45, 7) is 3.94. The molecule has 0 aliphatic carbocycles. The number of benzene rings is 1. The van der Waals surface area contributed by atoms with E-state index in [1.165, 1.54) is 0 Å². The second kappa shape index (κ2) is 6.83. The molecule has 0 fully saturated rings. The summed E-state index contributed by atoms with van der Waals surface area (Å²) in [7, 11) is 1.56. The standard InChI is InChI=1S/C16H19N3O2/c1-4-13(15-17-8-5-9-18-15)19-16(20)12-7-6-11(2)10-14(12)21-3/h5-10,13H,4H2,1-3H3,(H,19,20). The Morgan fingerprint density at radius 3 is 2.67 bits per heavy atom. The molecule has 0 saturated heterocycles. The van der Waals surface area contributed by atoms with E-state index in [1.807, 2.05) is 26.0 Å². The number of amides is 1. The van der Waals surface area contributed by atoms with Gasteiger partial charge in [-0.3, -0.25) is 4.79 Å². The normalized spacial score (nSPS) is 11.8. The average Bonchev–Trinajstić information content (AvgIpc) is 2.53. The zero-order chi connectivity index (χ0) is 15.2. The fourth-order valence-corrected chi connectivity index (χ4v) is 2.06. The van der Waals surface area contributed by atoms with Crippen molar-refractivity contribution in [2.24, 2.45) is 0 Å². The molecule has 21 heavy (non-hydrogen) atoms. The SMILES string of the molecule is CCC(NC(=O)c1ccc(C)cc1OC)c1ncccn1. The number of carbonyl (C=O) groups excluding carboxylic acids is 1. The quantitative estimate of drug-likeness (QED) is 0.917. The fraction of sp³-hybridized carbons (Fsp3) is 0.312. The molecule has 1 aromatic heterocycles. The lowest BCUT2D eigenvalue weighted by Crippen LogP contribution is -2.29. The molecule has 0 spiro atoms. The van der Waals surface area contributed by atoms with Crippen LogP contribution in [0.25, 0.3) is 0 Å². The Hall–Kier alpha value is -2.43. The first-order valence-corrected chi connectivity index (χ1v) is 6.88. The van der Waals surface area contributed by atoms with Crippen LogP contribution < -0.4 is 10.1 Å². The van der Waals surface area contributed by atoms with Crippen molar-refractivity contribution in [3.8, 4) is 5.75 Å². The number of aryl methyl sites for hydroxylation is 1. The van der Waals surface area contributed by atoms with Gasteiger partial charge in [0.2, 0.25) is 0 Å². The third-order valence-corrected chi connectivity index (χ3v) is 3.21. The molecule has 1 aromatic carbocycles. The molecule has 1 amide bonds. The molecule has 2 aromatic rings. The maximum atomic E-state index is 12.4. The van der Waals surface area contributed by atoms with Crippen molar-refractivity contribution in [3.63, 3.8) is 0 Å². The van der Waals surface area contributed by atoms with Gasteiger partial charge < -0.3 is 10.1 Å². The van der Waals surface area contributed by atoms with Gasteiger partial charge >= 0.3 is 0 Å². The van der Waals surface area contributed by atoms with Gasteiger partial charge in [0.05, 0.1) is 18.7 Å². The van der Waals surface area contributed by atoms with E-state index in [2.05, 4.69) is 15.3 Å². The van der Waals surface area contributed by atoms with E-state index in [-0.39, 0.29) is 11.9 Å². The van der Waals surface area contributed by atoms with E-state index in [0.717, 1.165) is 5.56 Å². The van der Waals surface area contributed by atoms with Crippen molar-refractivity contribution in [2.75, 3.05) is 7.11 Å². The Balaban J connectivity index is 2.21.